The first kappa shape index (κ1) is 15.9. The molecule has 0 saturated heterocycles. The first-order valence-corrected chi connectivity index (χ1v) is 8.02. The van der Waals surface area contributed by atoms with Gasteiger partial charge in [-0.25, -0.2) is 8.78 Å². The van der Waals surface area contributed by atoms with Gasteiger partial charge in [-0.2, -0.15) is 0 Å². The van der Waals surface area contributed by atoms with Crippen molar-refractivity contribution in [3.63, 3.8) is 0 Å². The molecule has 2 rings (SSSR count). The molecule has 112 valence electrons. The van der Waals surface area contributed by atoms with E-state index < -0.39 is 11.6 Å². The SMILES string of the molecule is CCCNC(Cc1c(F)ccc(Br)c1F)C1CC1(C)C. The molecular formula is C16H22BrF2N. The average Bonchev–Trinajstić information content (AvgIpc) is 3.02. The highest BCUT2D eigenvalue weighted by Gasteiger charge is 2.49. The fourth-order valence-electron chi connectivity index (χ4n) is 2.86. The number of nitrogens with one attached hydrogen (secondary N) is 1. The lowest BCUT2D eigenvalue weighted by Crippen LogP contribution is -2.35. The van der Waals surface area contributed by atoms with Gasteiger partial charge >= 0.3 is 0 Å². The molecule has 20 heavy (non-hydrogen) atoms. The van der Waals surface area contributed by atoms with Gasteiger partial charge in [0.05, 0.1) is 4.47 Å². The molecule has 0 aliphatic heterocycles. The van der Waals surface area contributed by atoms with Gasteiger partial charge in [-0.15, -0.1) is 0 Å². The number of halogens is 3. The van der Waals surface area contributed by atoms with E-state index in [-0.39, 0.29) is 17.0 Å². The predicted molar refractivity (Wildman–Crippen MR) is 81.7 cm³/mol. The molecule has 2 atom stereocenters. The van der Waals surface area contributed by atoms with Crippen molar-refractivity contribution in [2.75, 3.05) is 6.54 Å². The molecule has 0 aromatic heterocycles. The zero-order valence-corrected chi connectivity index (χ0v) is 13.9. The van der Waals surface area contributed by atoms with Gasteiger partial charge in [-0.1, -0.05) is 20.8 Å². The predicted octanol–water partition coefficient (Wildman–Crippen LogP) is 4.68. The number of hydrogen-bond acceptors (Lipinski definition) is 1. The lowest BCUT2D eigenvalue weighted by molar-refractivity contribution is 0.391. The normalized spacial score (nSPS) is 21.8. The van der Waals surface area contributed by atoms with Gasteiger partial charge in [0.2, 0.25) is 0 Å². The van der Waals surface area contributed by atoms with Crippen LogP contribution in [0.15, 0.2) is 16.6 Å². The lowest BCUT2D eigenvalue weighted by Gasteiger charge is -2.21. The number of rotatable bonds is 6. The van der Waals surface area contributed by atoms with E-state index in [1.165, 1.54) is 12.1 Å². The molecule has 1 nitrogen and oxygen atoms in total. The summed E-state index contributed by atoms with van der Waals surface area (Å²) in [4.78, 5) is 0. The Morgan fingerprint density at radius 3 is 2.60 bits per heavy atom. The van der Waals surface area contributed by atoms with Gasteiger partial charge in [0.25, 0.3) is 0 Å². The maximum Gasteiger partial charge on any atom is 0.143 e. The van der Waals surface area contributed by atoms with Crippen LogP contribution in [0.3, 0.4) is 0 Å². The van der Waals surface area contributed by atoms with Crippen LogP contribution in [0, 0.1) is 23.0 Å². The second kappa shape index (κ2) is 6.10. The molecular weight excluding hydrogens is 324 g/mol. The van der Waals surface area contributed by atoms with Crippen LogP contribution in [0.1, 0.15) is 39.2 Å². The van der Waals surface area contributed by atoms with Crippen molar-refractivity contribution in [1.82, 2.24) is 5.32 Å². The summed E-state index contributed by atoms with van der Waals surface area (Å²) in [6.45, 7) is 7.41. The van der Waals surface area contributed by atoms with Crippen LogP contribution in [0.25, 0.3) is 0 Å². The third-order valence-electron chi connectivity index (χ3n) is 4.29. The quantitative estimate of drug-likeness (QED) is 0.738. The molecule has 1 aromatic carbocycles. The van der Waals surface area contributed by atoms with E-state index in [1.807, 2.05) is 0 Å². The van der Waals surface area contributed by atoms with E-state index in [0.29, 0.717) is 16.8 Å². The molecule has 0 radical (unpaired) electrons. The van der Waals surface area contributed by atoms with Gasteiger partial charge in [-0.05, 0) is 65.2 Å². The summed E-state index contributed by atoms with van der Waals surface area (Å²) >= 11 is 3.14. The van der Waals surface area contributed by atoms with Crippen LogP contribution in [-0.2, 0) is 6.42 Å². The fourth-order valence-corrected chi connectivity index (χ4v) is 3.23. The summed E-state index contributed by atoms with van der Waals surface area (Å²) in [5.74, 6) is -0.425. The Kier molecular flexibility index (Phi) is 4.85. The van der Waals surface area contributed by atoms with Crippen molar-refractivity contribution in [3.8, 4) is 0 Å². The van der Waals surface area contributed by atoms with E-state index in [4.69, 9.17) is 0 Å². The highest BCUT2D eigenvalue weighted by atomic mass is 79.9. The average molecular weight is 346 g/mol. The summed E-state index contributed by atoms with van der Waals surface area (Å²) in [5, 5.41) is 3.46. The first-order valence-electron chi connectivity index (χ1n) is 7.22. The van der Waals surface area contributed by atoms with E-state index in [1.54, 1.807) is 0 Å². The van der Waals surface area contributed by atoms with Crippen molar-refractivity contribution in [2.45, 2.75) is 46.1 Å². The van der Waals surface area contributed by atoms with Crippen LogP contribution >= 0.6 is 15.9 Å². The monoisotopic (exact) mass is 345 g/mol. The summed E-state index contributed by atoms with van der Waals surface area (Å²) in [5.41, 5.74) is 0.473. The molecule has 1 aliphatic rings. The highest BCUT2D eigenvalue weighted by Crippen LogP contribution is 2.54. The summed E-state index contributed by atoms with van der Waals surface area (Å²) < 4.78 is 28.3. The van der Waals surface area contributed by atoms with Crippen LogP contribution in [-0.4, -0.2) is 12.6 Å². The molecule has 1 fully saturated rings. The third-order valence-corrected chi connectivity index (χ3v) is 4.91. The van der Waals surface area contributed by atoms with Crippen molar-refractivity contribution in [1.29, 1.82) is 0 Å². The minimum Gasteiger partial charge on any atom is -0.313 e. The molecule has 1 aliphatic carbocycles. The zero-order valence-electron chi connectivity index (χ0n) is 12.3. The number of hydrogen-bond donors (Lipinski definition) is 1. The van der Waals surface area contributed by atoms with Crippen molar-refractivity contribution < 1.29 is 8.78 Å². The molecule has 0 spiro atoms. The Balaban J connectivity index is 2.18. The maximum atomic E-state index is 14.1. The second-order valence-corrected chi connectivity index (χ2v) is 7.24. The first-order chi connectivity index (χ1) is 9.36. The van der Waals surface area contributed by atoms with Gasteiger partial charge in [0.15, 0.2) is 0 Å². The van der Waals surface area contributed by atoms with Crippen LogP contribution in [0.5, 0.6) is 0 Å². The molecule has 0 bridgehead atoms. The van der Waals surface area contributed by atoms with Crippen LogP contribution in [0.2, 0.25) is 0 Å². The molecule has 2 unspecified atom stereocenters. The summed E-state index contributed by atoms with van der Waals surface area (Å²) in [7, 11) is 0. The van der Waals surface area contributed by atoms with Gasteiger partial charge in [-0.3, -0.25) is 0 Å². The van der Waals surface area contributed by atoms with E-state index >= 15 is 0 Å². The molecule has 0 heterocycles. The summed E-state index contributed by atoms with van der Waals surface area (Å²) in [6, 6.07) is 2.89. The lowest BCUT2D eigenvalue weighted by atomic mass is 9.96. The Morgan fingerprint density at radius 1 is 1.40 bits per heavy atom. The smallest absolute Gasteiger partial charge is 0.143 e. The Bertz CT molecular complexity index is 488. The van der Waals surface area contributed by atoms with E-state index in [2.05, 4.69) is 42.0 Å². The Labute approximate surface area is 128 Å². The maximum absolute atomic E-state index is 14.1. The largest absolute Gasteiger partial charge is 0.313 e. The van der Waals surface area contributed by atoms with Crippen molar-refractivity contribution >= 4 is 15.9 Å². The summed E-state index contributed by atoms with van der Waals surface area (Å²) in [6.07, 6.45) is 2.55. The Morgan fingerprint density at radius 2 is 2.05 bits per heavy atom. The molecule has 1 saturated carbocycles. The topological polar surface area (TPSA) is 12.0 Å². The van der Waals surface area contributed by atoms with Gasteiger partial charge in [0, 0.05) is 11.6 Å². The minimum atomic E-state index is -0.466. The number of benzene rings is 1. The molecule has 1 aromatic rings. The van der Waals surface area contributed by atoms with Crippen LogP contribution < -0.4 is 5.32 Å². The van der Waals surface area contributed by atoms with Gasteiger partial charge < -0.3 is 5.32 Å². The molecule has 0 amide bonds. The van der Waals surface area contributed by atoms with Gasteiger partial charge in [0.1, 0.15) is 11.6 Å². The fraction of sp³-hybridized carbons (Fsp3) is 0.625. The van der Waals surface area contributed by atoms with E-state index in [9.17, 15) is 8.78 Å². The highest BCUT2D eigenvalue weighted by molar-refractivity contribution is 9.10. The third kappa shape index (κ3) is 3.40. The molecule has 1 N–H and O–H groups in total. The molecule has 4 heteroatoms. The Hall–Kier alpha value is -0.480. The van der Waals surface area contributed by atoms with Crippen molar-refractivity contribution in [3.05, 3.63) is 33.8 Å². The minimum absolute atomic E-state index is 0.142. The van der Waals surface area contributed by atoms with E-state index in [0.717, 1.165) is 19.4 Å². The second-order valence-electron chi connectivity index (χ2n) is 6.39. The van der Waals surface area contributed by atoms with Crippen molar-refractivity contribution in [2.24, 2.45) is 11.3 Å². The zero-order chi connectivity index (χ0) is 14.9. The standard InChI is InChI=1S/C16H22BrF2N/c1-4-7-20-14(11-9-16(11,2)3)8-10-13(18)6-5-12(17)15(10)19/h5-6,11,14,20H,4,7-9H2,1-3H3. The van der Waals surface area contributed by atoms with Crippen LogP contribution in [0.4, 0.5) is 8.78 Å².